The van der Waals surface area contributed by atoms with Gasteiger partial charge >= 0.3 is 0 Å². The van der Waals surface area contributed by atoms with Crippen molar-refractivity contribution in [2.75, 3.05) is 36.5 Å². The zero-order chi connectivity index (χ0) is 37.6. The van der Waals surface area contributed by atoms with Crippen LogP contribution >= 0.6 is 0 Å². The van der Waals surface area contributed by atoms with Gasteiger partial charge in [0.15, 0.2) is 0 Å². The van der Waals surface area contributed by atoms with Crippen molar-refractivity contribution in [3.63, 3.8) is 0 Å². The lowest BCUT2D eigenvalue weighted by Crippen LogP contribution is -2.47. The molecular formula is C42H58N6O3. The number of amidine groups is 1. The number of benzene rings is 1. The maximum absolute atomic E-state index is 12.9. The van der Waals surface area contributed by atoms with Gasteiger partial charge in [-0.15, -0.1) is 0 Å². The minimum absolute atomic E-state index is 0.0298. The molecule has 0 radical (unpaired) electrons. The molecule has 1 aromatic heterocycles. The van der Waals surface area contributed by atoms with Gasteiger partial charge in [0.25, 0.3) is 5.91 Å². The van der Waals surface area contributed by atoms with E-state index in [0.717, 1.165) is 79.4 Å². The minimum Gasteiger partial charge on any atom is -0.381 e. The molecule has 0 saturated carbocycles. The summed E-state index contributed by atoms with van der Waals surface area (Å²) in [7, 11) is 0. The fourth-order valence-corrected chi connectivity index (χ4v) is 5.33. The van der Waals surface area contributed by atoms with Crippen molar-refractivity contribution in [2.24, 2.45) is 10.9 Å². The predicted octanol–water partition coefficient (Wildman–Crippen LogP) is 7.52. The van der Waals surface area contributed by atoms with Crippen LogP contribution in [-0.2, 0) is 20.7 Å². The number of ether oxygens (including phenoxy) is 1. The molecule has 51 heavy (non-hydrogen) atoms. The molecule has 2 aromatic rings. The highest BCUT2D eigenvalue weighted by molar-refractivity contribution is 6.12. The molecule has 1 fully saturated rings. The lowest BCUT2D eigenvalue weighted by Gasteiger charge is -2.34. The number of hydrogen-bond donors (Lipinski definition) is 3. The number of amides is 2. The Morgan fingerprint density at radius 2 is 1.78 bits per heavy atom. The maximum atomic E-state index is 12.9. The van der Waals surface area contributed by atoms with Crippen LogP contribution < -0.4 is 20.9 Å². The fraction of sp³-hybridized carbons (Fsp3) is 0.476. The zero-order valence-electron chi connectivity index (χ0n) is 32.2. The largest absolute Gasteiger partial charge is 0.381 e. The Labute approximate surface area is 306 Å². The number of carbonyl (C=O) groups is 2. The summed E-state index contributed by atoms with van der Waals surface area (Å²) in [5, 5.41) is 9.31. The number of hydrogen-bond acceptors (Lipinski definition) is 6. The van der Waals surface area contributed by atoms with Gasteiger partial charge in [-0.3, -0.25) is 9.59 Å². The zero-order valence-corrected chi connectivity index (χ0v) is 32.2. The summed E-state index contributed by atoms with van der Waals surface area (Å²) in [5.41, 5.74) is 6.13. The second-order valence-corrected chi connectivity index (χ2v) is 12.3. The average molecular weight is 695 g/mol. The second kappa shape index (κ2) is 23.5. The summed E-state index contributed by atoms with van der Waals surface area (Å²) in [6, 6.07) is 14.6. The summed E-state index contributed by atoms with van der Waals surface area (Å²) >= 11 is 0. The van der Waals surface area contributed by atoms with Crippen LogP contribution in [0.3, 0.4) is 0 Å². The van der Waals surface area contributed by atoms with Crippen LogP contribution in [0.1, 0.15) is 99.1 Å². The lowest BCUT2D eigenvalue weighted by molar-refractivity contribution is -0.116. The number of piperidine rings is 1. The van der Waals surface area contributed by atoms with E-state index in [1.165, 1.54) is 5.57 Å². The van der Waals surface area contributed by atoms with E-state index >= 15 is 0 Å². The summed E-state index contributed by atoms with van der Waals surface area (Å²) in [5.74, 6) is 9.26. The van der Waals surface area contributed by atoms with Gasteiger partial charge in [-0.2, -0.15) is 4.99 Å². The number of pyridine rings is 1. The first-order valence-electron chi connectivity index (χ1n) is 18.3. The van der Waals surface area contributed by atoms with Crippen molar-refractivity contribution < 1.29 is 14.3 Å². The smallest absolute Gasteiger partial charge is 0.296 e. The number of aliphatic imine (C=N–C) groups is 1. The minimum atomic E-state index is -0.250. The molecule has 9 nitrogen and oxygen atoms in total. The molecule has 2 amide bonds. The molecule has 3 heterocycles. The Morgan fingerprint density at radius 1 is 1.08 bits per heavy atom. The van der Waals surface area contributed by atoms with E-state index in [-0.39, 0.29) is 24.3 Å². The molecule has 0 bridgehead atoms. The van der Waals surface area contributed by atoms with E-state index in [0.29, 0.717) is 18.3 Å². The molecule has 3 N–H and O–H groups in total. The molecule has 0 spiro atoms. The van der Waals surface area contributed by atoms with Crippen LogP contribution in [-0.4, -0.2) is 55.0 Å². The number of allylic oxidation sites excluding steroid dienone is 1. The molecule has 1 unspecified atom stereocenters. The third-order valence-corrected chi connectivity index (χ3v) is 8.07. The summed E-state index contributed by atoms with van der Waals surface area (Å²) in [4.78, 5) is 35.7. The Morgan fingerprint density at radius 3 is 2.41 bits per heavy atom. The Kier molecular flexibility index (Phi) is 19.5. The summed E-state index contributed by atoms with van der Waals surface area (Å²) in [6.07, 6.45) is 8.17. The molecule has 1 saturated heterocycles. The Bertz CT molecular complexity index is 1630. The fourth-order valence-electron chi connectivity index (χ4n) is 5.33. The number of carbonyl (C=O) groups excluding carboxylic acids is 2. The number of rotatable bonds is 11. The molecule has 1 atom stereocenters. The monoisotopic (exact) mass is 694 g/mol. The number of anilines is 2. The highest BCUT2D eigenvalue weighted by Gasteiger charge is 2.23. The van der Waals surface area contributed by atoms with Gasteiger partial charge < -0.3 is 25.6 Å². The molecule has 2 aliphatic heterocycles. The van der Waals surface area contributed by atoms with E-state index in [4.69, 9.17) is 4.74 Å². The molecular weight excluding hydrogens is 637 g/mol. The standard InChI is InChI=1S/C34H38N6O2.C6H14O.C2H6/c1-6-9-32(41)37-27-10-8-18-40(22-27)28-15-17-35-31(20-28)39-33(42)19-25-11-13-26(14-12-25)30-21-29(24(5)23(3)4)34(38-30)36-16-7-2;1-3-5-7-6-4-2;1-2/h11-15,17,20-21,23,27H,8,10,18-19,22H2,1-5H3,(H,36,38)(H,37,41)(H,35,39,42);3-6H2,1-2H3;1-2H3/b29-24+;;. The number of nitrogens with zero attached hydrogens (tertiary/aromatic N) is 3. The van der Waals surface area contributed by atoms with Crippen molar-refractivity contribution in [3.05, 3.63) is 70.9 Å². The van der Waals surface area contributed by atoms with Gasteiger partial charge in [0.1, 0.15) is 11.7 Å². The van der Waals surface area contributed by atoms with Gasteiger partial charge in [0, 0.05) is 67.6 Å². The topological polar surface area (TPSA) is 108 Å². The van der Waals surface area contributed by atoms with Crippen LogP contribution in [0.5, 0.6) is 0 Å². The van der Waals surface area contributed by atoms with Crippen LogP contribution in [0.4, 0.5) is 11.5 Å². The third-order valence-electron chi connectivity index (χ3n) is 8.07. The molecule has 9 heteroatoms. The first-order chi connectivity index (χ1) is 24.7. The third kappa shape index (κ3) is 14.5. The average Bonchev–Trinajstić information content (AvgIpc) is 3.56. The first-order valence-corrected chi connectivity index (χ1v) is 18.3. The second-order valence-electron chi connectivity index (χ2n) is 12.3. The van der Waals surface area contributed by atoms with Gasteiger partial charge in [-0.05, 0) is 81.6 Å². The molecule has 274 valence electrons. The molecule has 1 aromatic carbocycles. The number of nitrogens with one attached hydrogen (secondary N) is 3. The van der Waals surface area contributed by atoms with Crippen LogP contribution in [0, 0.1) is 29.7 Å². The van der Waals surface area contributed by atoms with E-state index in [1.54, 1.807) is 20.0 Å². The van der Waals surface area contributed by atoms with E-state index in [9.17, 15) is 9.59 Å². The summed E-state index contributed by atoms with van der Waals surface area (Å²) < 4.78 is 5.13. The van der Waals surface area contributed by atoms with E-state index in [1.807, 2.05) is 50.2 Å². The van der Waals surface area contributed by atoms with Crippen molar-refractivity contribution in [2.45, 2.75) is 100 Å². The van der Waals surface area contributed by atoms with Gasteiger partial charge in [0.2, 0.25) is 5.91 Å². The van der Waals surface area contributed by atoms with Crippen LogP contribution in [0.15, 0.2) is 64.8 Å². The van der Waals surface area contributed by atoms with Gasteiger partial charge in [-0.1, -0.05) is 83.2 Å². The summed E-state index contributed by atoms with van der Waals surface area (Å²) in [6.45, 7) is 21.5. The number of aromatic nitrogens is 1. The quantitative estimate of drug-likeness (QED) is 0.166. The SMILES string of the molecule is CC.CC#CN=C1NC(c2ccc(CC(=O)Nc3cc(N4CCCC(NC(=O)C#CC)C4)ccn3)cc2)=C/C1=C(/C)C(C)C.CCCOCCC. The van der Waals surface area contributed by atoms with Gasteiger partial charge in [0.05, 0.1) is 6.42 Å². The Hall–Kier alpha value is -4.86. The predicted molar refractivity (Wildman–Crippen MR) is 212 cm³/mol. The highest BCUT2D eigenvalue weighted by Crippen LogP contribution is 2.27. The van der Waals surface area contributed by atoms with E-state index in [2.05, 4.69) is 95.3 Å². The highest BCUT2D eigenvalue weighted by atomic mass is 16.5. The Balaban J connectivity index is 0.000000894. The normalized spacial score (nSPS) is 16.4. The van der Waals surface area contributed by atoms with Gasteiger partial charge in [-0.25, -0.2) is 4.98 Å². The molecule has 4 rings (SSSR count). The van der Waals surface area contributed by atoms with Crippen LogP contribution in [0.25, 0.3) is 5.70 Å². The lowest BCUT2D eigenvalue weighted by atomic mass is 9.98. The van der Waals surface area contributed by atoms with Crippen molar-refractivity contribution >= 4 is 34.9 Å². The van der Waals surface area contributed by atoms with Crippen molar-refractivity contribution in [1.29, 1.82) is 0 Å². The molecule has 2 aliphatic rings. The molecule has 0 aliphatic carbocycles. The van der Waals surface area contributed by atoms with Crippen LogP contribution in [0.2, 0.25) is 0 Å². The first kappa shape index (κ1) is 42.3. The maximum Gasteiger partial charge on any atom is 0.296 e. The van der Waals surface area contributed by atoms with E-state index < -0.39 is 0 Å². The van der Waals surface area contributed by atoms with Crippen molar-refractivity contribution in [3.8, 4) is 23.8 Å². The van der Waals surface area contributed by atoms with Crippen molar-refractivity contribution in [1.82, 2.24) is 15.6 Å².